The number of aromatic nitrogens is 2. The molecule has 3 heterocycles. The average Bonchev–Trinajstić information content (AvgIpc) is 3.17. The minimum Gasteiger partial charge on any atom is -0.345 e. The molecule has 0 aliphatic carbocycles. The topological polar surface area (TPSA) is 95.2 Å². The van der Waals surface area contributed by atoms with E-state index in [1.54, 1.807) is 54.4 Å². The maximum atomic E-state index is 13.1. The van der Waals surface area contributed by atoms with Gasteiger partial charge in [-0.25, -0.2) is 4.98 Å². The molecule has 1 aliphatic rings. The van der Waals surface area contributed by atoms with Gasteiger partial charge in [-0.2, -0.15) is 0 Å². The van der Waals surface area contributed by atoms with Crippen molar-refractivity contribution < 1.29 is 14.4 Å². The quantitative estimate of drug-likeness (QED) is 0.535. The van der Waals surface area contributed by atoms with Crippen LogP contribution in [-0.4, -0.2) is 57.5 Å². The van der Waals surface area contributed by atoms with Crippen molar-refractivity contribution in [2.24, 2.45) is 0 Å². The van der Waals surface area contributed by atoms with Crippen LogP contribution in [0.2, 0.25) is 0 Å². The maximum absolute atomic E-state index is 13.1. The lowest BCUT2D eigenvalue weighted by atomic mass is 9.88. The number of hydrogen-bond donors (Lipinski definition) is 2. The second-order valence-corrected chi connectivity index (χ2v) is 7.11. The Morgan fingerprint density at radius 2 is 1.89 bits per heavy atom. The summed E-state index contributed by atoms with van der Waals surface area (Å²) >= 11 is 0. The van der Waals surface area contributed by atoms with Crippen LogP contribution in [0.1, 0.15) is 27.6 Å². The van der Waals surface area contributed by atoms with Crippen molar-refractivity contribution in [3.8, 4) is 0 Å². The number of piperazine rings is 1. The van der Waals surface area contributed by atoms with Crippen LogP contribution in [0.3, 0.4) is 0 Å². The van der Waals surface area contributed by atoms with E-state index >= 15 is 0 Å². The minimum absolute atomic E-state index is 0.131. The van der Waals surface area contributed by atoms with Crippen LogP contribution >= 0.6 is 0 Å². The van der Waals surface area contributed by atoms with Gasteiger partial charge in [-0.3, -0.25) is 14.4 Å². The van der Waals surface area contributed by atoms with E-state index in [9.17, 15) is 14.4 Å². The fourth-order valence-electron chi connectivity index (χ4n) is 3.59. The first-order chi connectivity index (χ1) is 13.5. The smallest absolute Gasteiger partial charge is 0.253 e. The van der Waals surface area contributed by atoms with Gasteiger partial charge in [-0.15, -0.1) is 0 Å². The predicted molar refractivity (Wildman–Crippen MR) is 104 cm³/mol. The summed E-state index contributed by atoms with van der Waals surface area (Å²) in [4.78, 5) is 47.5. The number of benzene rings is 1. The molecule has 4 rings (SSSR count). The molecule has 0 radical (unpaired) electrons. The lowest BCUT2D eigenvalue weighted by molar-refractivity contribution is -0.121. The van der Waals surface area contributed by atoms with Crippen molar-refractivity contribution in [3.05, 3.63) is 66.0 Å². The van der Waals surface area contributed by atoms with E-state index in [1.807, 2.05) is 6.07 Å². The third kappa shape index (κ3) is 3.10. The van der Waals surface area contributed by atoms with Gasteiger partial charge in [0.05, 0.1) is 5.56 Å². The van der Waals surface area contributed by atoms with Gasteiger partial charge in [0.25, 0.3) is 5.91 Å². The zero-order valence-electron chi connectivity index (χ0n) is 15.4. The summed E-state index contributed by atoms with van der Waals surface area (Å²) in [6.07, 6.45) is 3.13. The number of aromatic amines is 1. The number of hydrogen-bond acceptors (Lipinski definition) is 5. The van der Waals surface area contributed by atoms with E-state index in [-0.39, 0.29) is 12.5 Å². The van der Waals surface area contributed by atoms with E-state index in [0.29, 0.717) is 35.2 Å². The molecule has 2 N–H and O–H groups in total. The molecule has 28 heavy (non-hydrogen) atoms. The van der Waals surface area contributed by atoms with Gasteiger partial charge in [0.15, 0.2) is 0 Å². The van der Waals surface area contributed by atoms with Crippen LogP contribution in [0.5, 0.6) is 0 Å². The Balaban J connectivity index is 1.58. The fourth-order valence-corrected chi connectivity index (χ4v) is 3.59. The molecular weight excluding hydrogens is 356 g/mol. The Morgan fingerprint density at radius 1 is 1.11 bits per heavy atom. The number of pyridine rings is 1. The van der Waals surface area contributed by atoms with Crippen LogP contribution in [0.15, 0.2) is 54.9 Å². The molecular formula is C21H20N4O3. The largest absolute Gasteiger partial charge is 0.345 e. The molecule has 1 saturated heterocycles. The number of H-pyrrole nitrogens is 1. The van der Waals surface area contributed by atoms with E-state index < -0.39 is 17.1 Å². The van der Waals surface area contributed by atoms with Crippen molar-refractivity contribution in [2.45, 2.75) is 12.5 Å². The highest BCUT2D eigenvalue weighted by atomic mass is 16.2. The second-order valence-electron chi connectivity index (χ2n) is 7.11. The number of amides is 1. The summed E-state index contributed by atoms with van der Waals surface area (Å²) in [5, 5.41) is 3.74. The average molecular weight is 376 g/mol. The molecule has 1 amide bonds. The molecule has 142 valence electrons. The fraction of sp³-hybridized carbons (Fsp3) is 0.238. The number of Topliss-reactive ketones (excluding diaryl/α,β-unsaturated/α-hetero) is 2. The van der Waals surface area contributed by atoms with Crippen LogP contribution in [0.4, 0.5) is 0 Å². The number of fused-ring (bicyclic) bond motifs is 1. The Labute approximate surface area is 161 Å². The van der Waals surface area contributed by atoms with E-state index in [1.165, 1.54) is 6.20 Å². The van der Waals surface area contributed by atoms with Crippen LogP contribution in [0, 0.1) is 0 Å². The highest BCUT2D eigenvalue weighted by Crippen LogP contribution is 2.21. The summed E-state index contributed by atoms with van der Waals surface area (Å²) in [6.45, 7) is 2.71. The predicted octanol–water partition coefficient (Wildman–Crippen LogP) is 1.82. The summed E-state index contributed by atoms with van der Waals surface area (Å²) < 4.78 is 0. The van der Waals surface area contributed by atoms with Crippen molar-refractivity contribution in [2.75, 3.05) is 19.6 Å². The van der Waals surface area contributed by atoms with Gasteiger partial charge >= 0.3 is 0 Å². The number of carbonyl (C=O) groups excluding carboxylic acids is 3. The van der Waals surface area contributed by atoms with Gasteiger partial charge < -0.3 is 15.2 Å². The standard InChI is InChI=1S/C21H20N4O3/c1-21(13-25(11-10-24-21)20(28)14-6-3-2-4-7-14)18(27)17(26)16-12-23-19-15(16)8-5-9-22-19/h2-9,12,24H,10-11,13H2,1H3,(H,22,23). The number of nitrogens with one attached hydrogen (secondary N) is 2. The lowest BCUT2D eigenvalue weighted by Crippen LogP contribution is -2.65. The summed E-state index contributed by atoms with van der Waals surface area (Å²) in [7, 11) is 0. The van der Waals surface area contributed by atoms with Crippen molar-refractivity contribution in [3.63, 3.8) is 0 Å². The van der Waals surface area contributed by atoms with Crippen LogP contribution < -0.4 is 5.32 Å². The minimum atomic E-state index is -1.15. The Morgan fingerprint density at radius 3 is 2.68 bits per heavy atom. The maximum Gasteiger partial charge on any atom is 0.253 e. The number of carbonyl (C=O) groups is 3. The van der Waals surface area contributed by atoms with Gasteiger partial charge in [0, 0.05) is 43.0 Å². The number of ketones is 2. The van der Waals surface area contributed by atoms with Gasteiger partial charge in [0.1, 0.15) is 11.2 Å². The molecule has 1 aromatic carbocycles. The Kier molecular flexibility index (Phi) is 4.52. The summed E-state index contributed by atoms with van der Waals surface area (Å²) in [5.41, 5.74) is 0.267. The zero-order chi connectivity index (χ0) is 19.7. The Hall–Kier alpha value is -3.32. The van der Waals surface area contributed by atoms with Crippen molar-refractivity contribution >= 4 is 28.5 Å². The summed E-state index contributed by atoms with van der Waals surface area (Å²) in [6, 6.07) is 12.4. The number of nitrogens with zero attached hydrogens (tertiary/aromatic N) is 2. The van der Waals surface area contributed by atoms with Crippen LogP contribution in [-0.2, 0) is 4.79 Å². The molecule has 0 saturated carbocycles. The van der Waals surface area contributed by atoms with E-state index in [0.717, 1.165) is 0 Å². The van der Waals surface area contributed by atoms with Gasteiger partial charge in [0.2, 0.25) is 11.6 Å². The van der Waals surface area contributed by atoms with Crippen LogP contribution in [0.25, 0.3) is 11.0 Å². The lowest BCUT2D eigenvalue weighted by Gasteiger charge is -2.40. The third-order valence-electron chi connectivity index (χ3n) is 5.12. The highest BCUT2D eigenvalue weighted by Gasteiger charge is 2.43. The molecule has 0 spiro atoms. The van der Waals surface area contributed by atoms with Crippen molar-refractivity contribution in [1.82, 2.24) is 20.2 Å². The normalized spacial score (nSPS) is 19.5. The SMILES string of the molecule is CC1(C(=O)C(=O)c2c[nH]c3ncccc23)CN(C(=O)c2ccccc2)CCN1. The molecule has 0 bridgehead atoms. The molecule has 1 aliphatic heterocycles. The van der Waals surface area contributed by atoms with E-state index in [4.69, 9.17) is 0 Å². The zero-order valence-corrected chi connectivity index (χ0v) is 15.4. The molecule has 7 heteroatoms. The first-order valence-electron chi connectivity index (χ1n) is 9.10. The summed E-state index contributed by atoms with van der Waals surface area (Å²) in [5.74, 6) is -1.31. The second kappa shape index (κ2) is 7.01. The first kappa shape index (κ1) is 18.1. The molecule has 3 aromatic rings. The molecule has 1 unspecified atom stereocenters. The molecule has 1 atom stereocenters. The van der Waals surface area contributed by atoms with Gasteiger partial charge in [-0.1, -0.05) is 18.2 Å². The van der Waals surface area contributed by atoms with E-state index in [2.05, 4.69) is 15.3 Å². The molecule has 2 aromatic heterocycles. The highest BCUT2D eigenvalue weighted by molar-refractivity contribution is 6.48. The molecule has 7 nitrogen and oxygen atoms in total. The Bertz CT molecular complexity index is 1060. The molecule has 1 fully saturated rings. The van der Waals surface area contributed by atoms with Gasteiger partial charge in [-0.05, 0) is 31.2 Å². The van der Waals surface area contributed by atoms with Crippen molar-refractivity contribution in [1.29, 1.82) is 0 Å². The first-order valence-corrected chi connectivity index (χ1v) is 9.10. The third-order valence-corrected chi connectivity index (χ3v) is 5.12. The monoisotopic (exact) mass is 376 g/mol. The number of rotatable bonds is 4.